The number of fused-ring (bicyclic) bond motifs is 1. The molecule has 0 saturated heterocycles. The zero-order valence-electron chi connectivity index (χ0n) is 9.90. The molecule has 0 aliphatic rings. The lowest BCUT2D eigenvalue weighted by atomic mass is 10.1. The Kier molecular flexibility index (Phi) is 3.28. The number of hydrogen-bond acceptors (Lipinski definition) is 2. The van der Waals surface area contributed by atoms with Crippen molar-refractivity contribution < 1.29 is 0 Å². The number of anilines is 2. The van der Waals surface area contributed by atoms with Crippen LogP contribution in [0, 0.1) is 0 Å². The molecule has 0 saturated carbocycles. The molecule has 0 atom stereocenters. The second kappa shape index (κ2) is 5.08. The van der Waals surface area contributed by atoms with Gasteiger partial charge in [-0.25, -0.2) is 4.98 Å². The molecule has 4 heteroatoms. The number of aromatic nitrogens is 1. The van der Waals surface area contributed by atoms with E-state index >= 15 is 0 Å². The summed E-state index contributed by atoms with van der Waals surface area (Å²) in [6.45, 7) is 0. The van der Waals surface area contributed by atoms with Crippen molar-refractivity contribution in [1.29, 1.82) is 0 Å². The Morgan fingerprint density at radius 1 is 0.947 bits per heavy atom. The fourth-order valence-electron chi connectivity index (χ4n) is 1.97. The van der Waals surface area contributed by atoms with Crippen LogP contribution in [0.25, 0.3) is 10.8 Å². The number of hydrogen-bond donors (Lipinski definition) is 1. The van der Waals surface area contributed by atoms with Gasteiger partial charge in [0.2, 0.25) is 0 Å². The van der Waals surface area contributed by atoms with Gasteiger partial charge in [-0.3, -0.25) is 0 Å². The molecule has 0 aliphatic heterocycles. The summed E-state index contributed by atoms with van der Waals surface area (Å²) in [4.78, 5) is 4.20. The minimum atomic E-state index is 0.500. The molecule has 0 amide bonds. The first kappa shape index (κ1) is 12.3. The SMILES string of the molecule is Clc1cnc(Nc2cccc3ccccc23)c(Cl)c1. The number of benzene rings is 2. The molecule has 3 aromatic rings. The minimum absolute atomic E-state index is 0.500. The van der Waals surface area contributed by atoms with E-state index < -0.39 is 0 Å². The number of halogens is 2. The molecule has 2 aromatic carbocycles. The van der Waals surface area contributed by atoms with E-state index in [9.17, 15) is 0 Å². The summed E-state index contributed by atoms with van der Waals surface area (Å²) in [5, 5.41) is 6.55. The van der Waals surface area contributed by atoms with Gasteiger partial charge in [-0.1, -0.05) is 59.6 Å². The number of nitrogens with zero attached hydrogens (tertiary/aromatic N) is 1. The summed E-state index contributed by atoms with van der Waals surface area (Å²) in [5.41, 5.74) is 0.967. The zero-order valence-corrected chi connectivity index (χ0v) is 11.4. The maximum atomic E-state index is 6.12. The van der Waals surface area contributed by atoms with Gasteiger partial charge in [-0.2, -0.15) is 0 Å². The maximum absolute atomic E-state index is 6.12. The molecule has 0 spiro atoms. The average Bonchev–Trinajstić information content (AvgIpc) is 2.42. The second-order valence-electron chi connectivity index (χ2n) is 4.14. The van der Waals surface area contributed by atoms with E-state index in [1.807, 2.05) is 24.3 Å². The third-order valence-corrected chi connectivity index (χ3v) is 3.35. The Labute approximate surface area is 121 Å². The molecular weight excluding hydrogens is 279 g/mol. The summed E-state index contributed by atoms with van der Waals surface area (Å²) >= 11 is 12.0. The van der Waals surface area contributed by atoms with Gasteiger partial charge >= 0.3 is 0 Å². The van der Waals surface area contributed by atoms with E-state index in [1.165, 1.54) is 0 Å². The van der Waals surface area contributed by atoms with Gasteiger partial charge < -0.3 is 5.32 Å². The van der Waals surface area contributed by atoms with Crippen LogP contribution in [0.2, 0.25) is 10.0 Å². The van der Waals surface area contributed by atoms with Gasteiger partial charge in [0.15, 0.2) is 0 Å². The smallest absolute Gasteiger partial charge is 0.149 e. The fraction of sp³-hybridized carbons (Fsp3) is 0. The topological polar surface area (TPSA) is 24.9 Å². The van der Waals surface area contributed by atoms with Crippen molar-refractivity contribution in [2.75, 3.05) is 5.32 Å². The molecule has 0 fully saturated rings. The largest absolute Gasteiger partial charge is 0.338 e. The summed E-state index contributed by atoms with van der Waals surface area (Å²) in [7, 11) is 0. The lowest BCUT2D eigenvalue weighted by Crippen LogP contribution is -1.95. The predicted octanol–water partition coefficient (Wildman–Crippen LogP) is 5.29. The van der Waals surface area contributed by atoms with Crippen molar-refractivity contribution >= 4 is 45.5 Å². The normalized spacial score (nSPS) is 10.6. The standard InChI is InChI=1S/C15H10Cl2N2/c16-11-8-13(17)15(18-9-11)19-14-7-3-5-10-4-1-2-6-12(10)14/h1-9H,(H,18,19). The van der Waals surface area contributed by atoms with E-state index in [4.69, 9.17) is 23.2 Å². The van der Waals surface area contributed by atoms with Gasteiger partial charge in [0.1, 0.15) is 5.82 Å². The lowest BCUT2D eigenvalue weighted by molar-refractivity contribution is 1.31. The maximum Gasteiger partial charge on any atom is 0.149 e. The van der Waals surface area contributed by atoms with Crippen LogP contribution in [0.4, 0.5) is 11.5 Å². The Morgan fingerprint density at radius 3 is 2.58 bits per heavy atom. The van der Waals surface area contributed by atoms with Crippen molar-refractivity contribution in [2.24, 2.45) is 0 Å². The summed E-state index contributed by atoms with van der Waals surface area (Å²) < 4.78 is 0. The molecule has 1 aromatic heterocycles. The van der Waals surface area contributed by atoms with E-state index in [2.05, 4.69) is 28.5 Å². The Balaban J connectivity index is 2.06. The van der Waals surface area contributed by atoms with Gasteiger partial charge in [-0.05, 0) is 17.5 Å². The van der Waals surface area contributed by atoms with Crippen LogP contribution in [-0.4, -0.2) is 4.98 Å². The van der Waals surface area contributed by atoms with Crippen LogP contribution in [-0.2, 0) is 0 Å². The molecular formula is C15H10Cl2N2. The van der Waals surface area contributed by atoms with Gasteiger partial charge in [0, 0.05) is 17.3 Å². The fourth-order valence-corrected chi connectivity index (χ4v) is 2.40. The van der Waals surface area contributed by atoms with Crippen molar-refractivity contribution in [1.82, 2.24) is 4.98 Å². The Morgan fingerprint density at radius 2 is 1.74 bits per heavy atom. The van der Waals surface area contributed by atoms with E-state index in [0.29, 0.717) is 15.9 Å². The predicted molar refractivity (Wildman–Crippen MR) is 81.5 cm³/mol. The van der Waals surface area contributed by atoms with Crippen LogP contribution in [0.1, 0.15) is 0 Å². The summed E-state index contributed by atoms with van der Waals surface area (Å²) in [6.07, 6.45) is 1.57. The molecule has 0 bridgehead atoms. The first-order valence-electron chi connectivity index (χ1n) is 5.80. The quantitative estimate of drug-likeness (QED) is 0.693. The highest BCUT2D eigenvalue weighted by atomic mass is 35.5. The first-order chi connectivity index (χ1) is 9.24. The number of pyridine rings is 1. The molecule has 1 N–H and O–H groups in total. The molecule has 1 heterocycles. The Hall–Kier alpha value is -1.77. The highest BCUT2D eigenvalue weighted by molar-refractivity contribution is 6.36. The molecule has 0 aliphatic carbocycles. The molecule has 19 heavy (non-hydrogen) atoms. The van der Waals surface area contributed by atoms with Crippen LogP contribution < -0.4 is 5.32 Å². The van der Waals surface area contributed by atoms with Gasteiger partial charge in [-0.15, -0.1) is 0 Å². The highest BCUT2D eigenvalue weighted by Crippen LogP contribution is 2.29. The second-order valence-corrected chi connectivity index (χ2v) is 4.98. The van der Waals surface area contributed by atoms with Crippen molar-refractivity contribution in [3.8, 4) is 0 Å². The van der Waals surface area contributed by atoms with E-state index in [0.717, 1.165) is 16.5 Å². The van der Waals surface area contributed by atoms with Crippen LogP contribution in [0.15, 0.2) is 54.7 Å². The van der Waals surface area contributed by atoms with E-state index in [1.54, 1.807) is 12.3 Å². The third kappa shape index (κ3) is 2.50. The molecule has 0 radical (unpaired) electrons. The average molecular weight is 289 g/mol. The number of nitrogens with one attached hydrogen (secondary N) is 1. The van der Waals surface area contributed by atoms with Gasteiger partial charge in [0.25, 0.3) is 0 Å². The van der Waals surface area contributed by atoms with Crippen LogP contribution in [0.5, 0.6) is 0 Å². The zero-order chi connectivity index (χ0) is 13.2. The monoisotopic (exact) mass is 288 g/mol. The number of rotatable bonds is 2. The van der Waals surface area contributed by atoms with Gasteiger partial charge in [0.05, 0.1) is 10.0 Å². The van der Waals surface area contributed by atoms with Crippen LogP contribution in [0.3, 0.4) is 0 Å². The highest BCUT2D eigenvalue weighted by Gasteiger charge is 2.05. The molecule has 94 valence electrons. The Bertz CT molecular complexity index is 736. The lowest BCUT2D eigenvalue weighted by Gasteiger charge is -2.10. The summed E-state index contributed by atoms with van der Waals surface area (Å²) in [6, 6.07) is 15.9. The molecule has 0 unspecified atom stereocenters. The van der Waals surface area contributed by atoms with Crippen molar-refractivity contribution in [3.05, 3.63) is 64.8 Å². The van der Waals surface area contributed by atoms with Crippen molar-refractivity contribution in [3.63, 3.8) is 0 Å². The van der Waals surface area contributed by atoms with Crippen LogP contribution >= 0.6 is 23.2 Å². The van der Waals surface area contributed by atoms with E-state index in [-0.39, 0.29) is 0 Å². The summed E-state index contributed by atoms with van der Waals surface area (Å²) in [5.74, 6) is 0.599. The minimum Gasteiger partial charge on any atom is -0.338 e. The molecule has 3 rings (SSSR count). The molecule has 2 nitrogen and oxygen atoms in total. The van der Waals surface area contributed by atoms with Crippen molar-refractivity contribution in [2.45, 2.75) is 0 Å². The third-order valence-electron chi connectivity index (χ3n) is 2.85. The first-order valence-corrected chi connectivity index (χ1v) is 6.55.